The second-order valence-corrected chi connectivity index (χ2v) is 7.64. The molecule has 2 atom stereocenters. The van der Waals surface area contributed by atoms with Crippen molar-refractivity contribution in [2.45, 2.75) is 31.7 Å². The zero-order chi connectivity index (χ0) is 18.4. The third kappa shape index (κ3) is 3.55. The van der Waals surface area contributed by atoms with Crippen molar-refractivity contribution in [3.63, 3.8) is 0 Å². The van der Waals surface area contributed by atoms with Gasteiger partial charge in [-0.25, -0.2) is 4.18 Å². The van der Waals surface area contributed by atoms with E-state index in [-0.39, 0.29) is 31.2 Å². The minimum Gasteiger partial charge on any atom is -0.322 e. The van der Waals surface area contributed by atoms with Crippen LogP contribution in [0.1, 0.15) is 40.6 Å². The van der Waals surface area contributed by atoms with Gasteiger partial charge in [0.2, 0.25) is 11.8 Å². The van der Waals surface area contributed by atoms with Crippen LogP contribution in [-0.2, 0) is 30.4 Å². The molecule has 2 unspecified atom stereocenters. The molecule has 2 heterocycles. The molecule has 2 aliphatic rings. The molecule has 0 spiro atoms. The van der Waals surface area contributed by atoms with Crippen molar-refractivity contribution in [1.82, 2.24) is 10.2 Å². The van der Waals surface area contributed by atoms with Gasteiger partial charge in [0, 0.05) is 18.5 Å². The Morgan fingerprint density at radius 1 is 1.32 bits per heavy atom. The quantitative estimate of drug-likeness (QED) is 0.411. The first-order chi connectivity index (χ1) is 11.7. The molecular formula is C15H17N3O6S. The van der Waals surface area contributed by atoms with E-state index in [9.17, 15) is 22.8 Å². The molecule has 0 radical (unpaired) electrons. The number of hydrogen-bond acceptors (Lipinski definition) is 7. The van der Waals surface area contributed by atoms with Gasteiger partial charge in [0.1, 0.15) is 6.04 Å². The number of nitrogens with one attached hydrogen (secondary N) is 1. The fraction of sp³-hybridized carbons (Fsp3) is 0.400. The first kappa shape index (κ1) is 17.5. The molecule has 0 bridgehead atoms. The fourth-order valence-corrected chi connectivity index (χ4v) is 3.50. The first-order valence-electron chi connectivity index (χ1n) is 7.57. The number of amides is 3. The molecule has 134 valence electrons. The zero-order valence-electron chi connectivity index (χ0n) is 13.4. The Bertz CT molecular complexity index is 866. The zero-order valence-corrected chi connectivity index (χ0v) is 14.2. The third-order valence-corrected chi connectivity index (χ3v) is 4.71. The number of piperidine rings is 1. The van der Waals surface area contributed by atoms with Crippen molar-refractivity contribution in [2.24, 2.45) is 5.73 Å². The second-order valence-electron chi connectivity index (χ2n) is 6.04. The number of carbonyl (C=O) groups excluding carboxylic acids is 3. The standard InChI is InChI=1S/C15H17N3O6S/c1-25(22,23)24-13(16)8-2-3-10-9(6-8)7-18(15(10)21)11-4-5-12(19)17-14(11)20/h2-3,6,11,13H,4-5,7,16H2,1H3,(H,17,19,20). The van der Waals surface area contributed by atoms with Gasteiger partial charge in [-0.15, -0.1) is 0 Å². The predicted molar refractivity (Wildman–Crippen MR) is 85.3 cm³/mol. The number of hydrogen-bond donors (Lipinski definition) is 2. The van der Waals surface area contributed by atoms with E-state index in [1.54, 1.807) is 6.07 Å². The molecule has 0 saturated carbocycles. The molecule has 10 heteroatoms. The van der Waals surface area contributed by atoms with Crippen LogP contribution >= 0.6 is 0 Å². The van der Waals surface area contributed by atoms with E-state index in [1.165, 1.54) is 17.0 Å². The van der Waals surface area contributed by atoms with Crippen molar-refractivity contribution in [1.29, 1.82) is 0 Å². The first-order valence-corrected chi connectivity index (χ1v) is 9.38. The van der Waals surface area contributed by atoms with Gasteiger partial charge in [0.05, 0.1) is 6.26 Å². The summed E-state index contributed by atoms with van der Waals surface area (Å²) in [5, 5.41) is 2.23. The highest BCUT2D eigenvalue weighted by Crippen LogP contribution is 2.29. The average Bonchev–Trinajstić information content (AvgIpc) is 2.82. The number of nitrogens with zero attached hydrogens (tertiary/aromatic N) is 1. The Morgan fingerprint density at radius 2 is 2.04 bits per heavy atom. The van der Waals surface area contributed by atoms with Gasteiger partial charge < -0.3 is 10.6 Å². The molecular weight excluding hydrogens is 350 g/mol. The van der Waals surface area contributed by atoms with Crippen molar-refractivity contribution in [2.75, 3.05) is 6.26 Å². The summed E-state index contributed by atoms with van der Waals surface area (Å²) < 4.78 is 27.1. The Hall–Kier alpha value is -2.30. The Morgan fingerprint density at radius 3 is 2.68 bits per heavy atom. The average molecular weight is 367 g/mol. The van der Waals surface area contributed by atoms with E-state index in [0.29, 0.717) is 16.7 Å². The summed E-state index contributed by atoms with van der Waals surface area (Å²) >= 11 is 0. The van der Waals surface area contributed by atoms with Gasteiger partial charge in [-0.2, -0.15) is 8.42 Å². The van der Waals surface area contributed by atoms with E-state index in [2.05, 4.69) is 5.32 Å². The SMILES string of the molecule is CS(=O)(=O)OC(N)c1ccc2c(c1)CN(C1CCC(=O)NC1=O)C2=O. The number of benzene rings is 1. The molecule has 1 aromatic rings. The smallest absolute Gasteiger partial charge is 0.266 e. The van der Waals surface area contributed by atoms with Gasteiger partial charge in [0.15, 0.2) is 6.23 Å². The number of carbonyl (C=O) groups is 3. The van der Waals surface area contributed by atoms with Gasteiger partial charge in [-0.3, -0.25) is 19.7 Å². The van der Waals surface area contributed by atoms with Crippen LogP contribution < -0.4 is 11.1 Å². The highest BCUT2D eigenvalue weighted by Gasteiger charge is 2.39. The van der Waals surface area contributed by atoms with Gasteiger partial charge >= 0.3 is 0 Å². The molecule has 3 rings (SSSR count). The molecule has 1 aromatic carbocycles. The van der Waals surface area contributed by atoms with Crippen LogP contribution in [0, 0.1) is 0 Å². The Kier molecular flexibility index (Phi) is 4.35. The maximum atomic E-state index is 12.5. The van der Waals surface area contributed by atoms with Crippen LogP contribution in [0.5, 0.6) is 0 Å². The number of nitrogens with two attached hydrogens (primary N) is 1. The summed E-state index contributed by atoms with van der Waals surface area (Å²) in [4.78, 5) is 37.2. The van der Waals surface area contributed by atoms with Crippen LogP contribution in [0.2, 0.25) is 0 Å². The molecule has 0 aliphatic carbocycles. The summed E-state index contributed by atoms with van der Waals surface area (Å²) in [5.74, 6) is -1.15. The van der Waals surface area contributed by atoms with Crippen molar-refractivity contribution in [3.8, 4) is 0 Å². The monoisotopic (exact) mass is 367 g/mol. The number of rotatable bonds is 4. The molecule has 1 saturated heterocycles. The second kappa shape index (κ2) is 6.21. The lowest BCUT2D eigenvalue weighted by atomic mass is 10.0. The van der Waals surface area contributed by atoms with E-state index < -0.39 is 28.3 Å². The lowest BCUT2D eigenvalue weighted by Gasteiger charge is -2.29. The lowest BCUT2D eigenvalue weighted by molar-refractivity contribution is -0.136. The van der Waals surface area contributed by atoms with E-state index in [1.807, 2.05) is 0 Å². The normalized spacial score (nSPS) is 21.9. The molecule has 3 amide bonds. The number of fused-ring (bicyclic) bond motifs is 1. The fourth-order valence-electron chi connectivity index (χ4n) is 3.02. The number of imide groups is 1. The van der Waals surface area contributed by atoms with E-state index in [0.717, 1.165) is 6.26 Å². The summed E-state index contributed by atoms with van der Waals surface area (Å²) in [6, 6.07) is 3.93. The molecule has 2 aliphatic heterocycles. The highest BCUT2D eigenvalue weighted by atomic mass is 32.2. The maximum absolute atomic E-state index is 12.5. The maximum Gasteiger partial charge on any atom is 0.266 e. The van der Waals surface area contributed by atoms with E-state index in [4.69, 9.17) is 9.92 Å². The van der Waals surface area contributed by atoms with Crippen LogP contribution in [-0.4, -0.2) is 43.3 Å². The molecule has 1 fully saturated rings. The third-order valence-electron chi connectivity index (χ3n) is 4.15. The Balaban J connectivity index is 1.82. The Labute approximate surface area is 144 Å². The minimum absolute atomic E-state index is 0.175. The van der Waals surface area contributed by atoms with Crippen LogP contribution in [0.4, 0.5) is 0 Å². The molecule has 0 aromatic heterocycles. The van der Waals surface area contributed by atoms with Gasteiger partial charge in [-0.1, -0.05) is 6.07 Å². The van der Waals surface area contributed by atoms with Gasteiger partial charge in [-0.05, 0) is 29.7 Å². The topological polar surface area (TPSA) is 136 Å². The van der Waals surface area contributed by atoms with Crippen LogP contribution in [0.25, 0.3) is 0 Å². The summed E-state index contributed by atoms with van der Waals surface area (Å²) in [6.45, 7) is 0.180. The van der Waals surface area contributed by atoms with Crippen LogP contribution in [0.15, 0.2) is 18.2 Å². The summed E-state index contributed by atoms with van der Waals surface area (Å²) in [6.07, 6.45) is 0.164. The van der Waals surface area contributed by atoms with Crippen LogP contribution in [0.3, 0.4) is 0 Å². The van der Waals surface area contributed by atoms with Crippen molar-refractivity contribution >= 4 is 27.8 Å². The largest absolute Gasteiger partial charge is 0.322 e. The molecule has 25 heavy (non-hydrogen) atoms. The minimum atomic E-state index is -3.72. The molecule has 9 nitrogen and oxygen atoms in total. The van der Waals surface area contributed by atoms with E-state index >= 15 is 0 Å². The van der Waals surface area contributed by atoms with Crippen molar-refractivity contribution < 1.29 is 27.0 Å². The lowest BCUT2D eigenvalue weighted by Crippen LogP contribution is -2.52. The molecule has 3 N–H and O–H groups in total. The van der Waals surface area contributed by atoms with Gasteiger partial charge in [0.25, 0.3) is 16.0 Å². The summed E-state index contributed by atoms with van der Waals surface area (Å²) in [5.41, 5.74) is 7.17. The summed E-state index contributed by atoms with van der Waals surface area (Å²) in [7, 11) is -3.72. The predicted octanol–water partition coefficient (Wildman–Crippen LogP) is -0.619. The highest BCUT2D eigenvalue weighted by molar-refractivity contribution is 7.86. The van der Waals surface area contributed by atoms with Crippen molar-refractivity contribution in [3.05, 3.63) is 34.9 Å².